The number of hydrogen-bond donors (Lipinski definition) is 2. The van der Waals surface area contributed by atoms with Gasteiger partial charge in [-0.15, -0.1) is 5.10 Å². The average Bonchev–Trinajstić information content (AvgIpc) is 2.95. The van der Waals surface area contributed by atoms with E-state index >= 15 is 0 Å². The molecule has 2 aromatic rings. The number of carbonyl (C=O) groups excluding carboxylic acids is 1. The summed E-state index contributed by atoms with van der Waals surface area (Å²) in [6, 6.07) is 5.33. The molecule has 116 valence electrons. The highest BCUT2D eigenvalue weighted by Crippen LogP contribution is 2.26. The number of H-pyrrole nitrogens is 1. The smallest absolute Gasteiger partial charge is 0.289 e. The number of alkyl halides is 3. The van der Waals surface area contributed by atoms with Gasteiger partial charge >= 0.3 is 6.18 Å². The van der Waals surface area contributed by atoms with Crippen LogP contribution in [0, 0.1) is 0 Å². The van der Waals surface area contributed by atoms with E-state index in [-0.39, 0.29) is 0 Å². The fourth-order valence-electron chi connectivity index (χ4n) is 2.49. The minimum absolute atomic E-state index is 0.388. The first kappa shape index (κ1) is 14.6. The Bertz CT molecular complexity index is 708. The number of aryl methyl sites for hydroxylation is 2. The molecule has 0 bridgehead atoms. The second kappa shape index (κ2) is 5.43. The summed E-state index contributed by atoms with van der Waals surface area (Å²) in [5.41, 5.74) is 2.73. The zero-order valence-electron chi connectivity index (χ0n) is 11.5. The molecule has 1 amide bonds. The number of nitrogens with zero attached hydrogens (tertiary/aromatic N) is 2. The summed E-state index contributed by atoms with van der Waals surface area (Å²) in [7, 11) is 0. The molecule has 0 radical (unpaired) electrons. The van der Waals surface area contributed by atoms with Gasteiger partial charge in [-0.05, 0) is 48.9 Å². The van der Waals surface area contributed by atoms with Crippen molar-refractivity contribution >= 4 is 11.9 Å². The van der Waals surface area contributed by atoms with Gasteiger partial charge < -0.3 is 0 Å². The summed E-state index contributed by atoms with van der Waals surface area (Å²) in [4.78, 5) is 15.3. The van der Waals surface area contributed by atoms with Gasteiger partial charge in [0.15, 0.2) is 0 Å². The molecule has 5 nitrogen and oxygen atoms in total. The van der Waals surface area contributed by atoms with Crippen LogP contribution < -0.4 is 5.32 Å². The van der Waals surface area contributed by atoms with Crippen LogP contribution >= 0.6 is 0 Å². The third-order valence-corrected chi connectivity index (χ3v) is 3.59. The molecule has 1 aromatic heterocycles. The fourth-order valence-corrected chi connectivity index (χ4v) is 2.49. The van der Waals surface area contributed by atoms with E-state index in [1.165, 1.54) is 5.56 Å². The van der Waals surface area contributed by atoms with Crippen molar-refractivity contribution in [3.8, 4) is 0 Å². The number of anilines is 1. The maximum Gasteiger partial charge on any atom is 0.451 e. The first-order valence-corrected chi connectivity index (χ1v) is 6.86. The van der Waals surface area contributed by atoms with Gasteiger partial charge in [0.05, 0.1) is 0 Å². The standard InChI is InChI=1S/C14H13F3N4O/c15-14(16,17)12-19-13(21-20-12)18-11(22)10-6-5-8-3-1-2-4-9(8)7-10/h5-7H,1-4H2,(H2,18,19,20,21,22). The Morgan fingerprint density at radius 3 is 2.59 bits per heavy atom. The molecule has 2 N–H and O–H groups in total. The van der Waals surface area contributed by atoms with Crippen LogP contribution in [0.25, 0.3) is 0 Å². The molecule has 0 atom stereocenters. The van der Waals surface area contributed by atoms with Crippen molar-refractivity contribution in [1.29, 1.82) is 0 Å². The van der Waals surface area contributed by atoms with E-state index in [1.54, 1.807) is 17.2 Å². The number of aromatic amines is 1. The third kappa shape index (κ3) is 2.95. The molecule has 0 saturated heterocycles. The Labute approximate surface area is 123 Å². The predicted molar refractivity (Wildman–Crippen MR) is 72.4 cm³/mol. The van der Waals surface area contributed by atoms with E-state index < -0.39 is 23.9 Å². The molecule has 0 unspecified atom stereocenters. The van der Waals surface area contributed by atoms with E-state index in [0.717, 1.165) is 31.2 Å². The van der Waals surface area contributed by atoms with Gasteiger partial charge in [0.2, 0.25) is 11.8 Å². The number of hydrogen-bond acceptors (Lipinski definition) is 3. The van der Waals surface area contributed by atoms with E-state index in [1.807, 2.05) is 6.07 Å². The zero-order chi connectivity index (χ0) is 15.7. The van der Waals surface area contributed by atoms with E-state index in [2.05, 4.69) is 15.4 Å². The van der Waals surface area contributed by atoms with Crippen molar-refractivity contribution in [2.45, 2.75) is 31.9 Å². The molecule has 22 heavy (non-hydrogen) atoms. The first-order valence-electron chi connectivity index (χ1n) is 6.86. The Kier molecular flexibility index (Phi) is 3.59. The van der Waals surface area contributed by atoms with Crippen LogP contribution in [0.5, 0.6) is 0 Å². The first-order chi connectivity index (χ1) is 10.4. The zero-order valence-corrected chi connectivity index (χ0v) is 11.5. The van der Waals surface area contributed by atoms with Crippen LogP contribution in [-0.2, 0) is 19.0 Å². The molecule has 1 heterocycles. The highest BCUT2D eigenvalue weighted by Gasteiger charge is 2.35. The lowest BCUT2D eigenvalue weighted by Crippen LogP contribution is -2.15. The summed E-state index contributed by atoms with van der Waals surface area (Å²) in [5, 5.41) is 7.36. The van der Waals surface area contributed by atoms with Gasteiger partial charge in [-0.25, -0.2) is 0 Å². The summed E-state index contributed by atoms with van der Waals surface area (Å²) >= 11 is 0. The lowest BCUT2D eigenvalue weighted by molar-refractivity contribution is -0.144. The summed E-state index contributed by atoms with van der Waals surface area (Å²) in [6.45, 7) is 0. The maximum atomic E-state index is 12.4. The Balaban J connectivity index is 1.76. The van der Waals surface area contributed by atoms with E-state index in [0.29, 0.717) is 5.56 Å². The molecule has 3 rings (SSSR count). The van der Waals surface area contributed by atoms with Crippen LogP contribution in [0.3, 0.4) is 0 Å². The van der Waals surface area contributed by atoms with E-state index in [4.69, 9.17) is 0 Å². The summed E-state index contributed by atoms with van der Waals surface area (Å²) in [6.07, 6.45) is -0.506. The lowest BCUT2D eigenvalue weighted by atomic mass is 9.90. The molecule has 0 aliphatic heterocycles. The molecular formula is C14H13F3N4O. The molecule has 1 aliphatic carbocycles. The largest absolute Gasteiger partial charge is 0.451 e. The molecule has 0 fully saturated rings. The SMILES string of the molecule is O=C(Nc1n[nH]c(C(F)(F)F)n1)c1ccc2c(c1)CCCC2. The number of nitrogens with one attached hydrogen (secondary N) is 2. The van der Waals surface area contributed by atoms with Gasteiger partial charge in [0, 0.05) is 5.56 Å². The molecule has 0 saturated carbocycles. The van der Waals surface area contributed by atoms with E-state index in [9.17, 15) is 18.0 Å². The normalized spacial score (nSPS) is 14.5. The maximum absolute atomic E-state index is 12.4. The second-order valence-corrected chi connectivity index (χ2v) is 5.15. The highest BCUT2D eigenvalue weighted by molar-refractivity contribution is 6.03. The molecule has 0 spiro atoms. The molecular weight excluding hydrogens is 297 g/mol. The van der Waals surface area contributed by atoms with Crippen molar-refractivity contribution in [3.63, 3.8) is 0 Å². The number of amides is 1. The van der Waals surface area contributed by atoms with Crippen molar-refractivity contribution < 1.29 is 18.0 Å². The topological polar surface area (TPSA) is 70.7 Å². The van der Waals surface area contributed by atoms with Crippen molar-refractivity contribution in [1.82, 2.24) is 15.2 Å². The fraction of sp³-hybridized carbons (Fsp3) is 0.357. The number of aromatic nitrogens is 3. The number of carbonyl (C=O) groups is 1. The monoisotopic (exact) mass is 310 g/mol. The summed E-state index contributed by atoms with van der Waals surface area (Å²) in [5.74, 6) is -2.16. The highest BCUT2D eigenvalue weighted by atomic mass is 19.4. The number of rotatable bonds is 2. The third-order valence-electron chi connectivity index (χ3n) is 3.59. The second-order valence-electron chi connectivity index (χ2n) is 5.15. The van der Waals surface area contributed by atoms with Crippen LogP contribution in [0.4, 0.5) is 19.1 Å². The minimum atomic E-state index is -4.62. The average molecular weight is 310 g/mol. The van der Waals surface area contributed by atoms with Gasteiger partial charge in [0.25, 0.3) is 5.91 Å². The lowest BCUT2D eigenvalue weighted by Gasteiger charge is -2.16. The van der Waals surface area contributed by atoms with Crippen LogP contribution in [-0.4, -0.2) is 21.1 Å². The van der Waals surface area contributed by atoms with Gasteiger partial charge in [0.1, 0.15) is 0 Å². The number of benzene rings is 1. The van der Waals surface area contributed by atoms with Crippen LogP contribution in [0.1, 0.15) is 40.2 Å². The predicted octanol–water partition coefficient (Wildman–Crippen LogP) is 2.95. The van der Waals surface area contributed by atoms with Gasteiger partial charge in [-0.2, -0.15) is 18.2 Å². The van der Waals surface area contributed by atoms with Gasteiger partial charge in [-0.1, -0.05) is 6.07 Å². The van der Waals surface area contributed by atoms with Gasteiger partial charge in [-0.3, -0.25) is 15.2 Å². The van der Waals surface area contributed by atoms with Crippen molar-refractivity contribution in [2.24, 2.45) is 0 Å². The van der Waals surface area contributed by atoms with Crippen molar-refractivity contribution in [2.75, 3.05) is 5.32 Å². The molecule has 1 aromatic carbocycles. The van der Waals surface area contributed by atoms with Crippen molar-refractivity contribution in [3.05, 3.63) is 40.7 Å². The minimum Gasteiger partial charge on any atom is -0.289 e. The molecule has 8 heteroatoms. The Hall–Kier alpha value is -2.38. The summed E-state index contributed by atoms with van der Waals surface area (Å²) < 4.78 is 37.2. The quantitative estimate of drug-likeness (QED) is 0.896. The Morgan fingerprint density at radius 2 is 1.91 bits per heavy atom. The van der Waals surface area contributed by atoms with Crippen LogP contribution in [0.2, 0.25) is 0 Å². The number of halogens is 3. The Morgan fingerprint density at radius 1 is 1.18 bits per heavy atom. The molecule has 1 aliphatic rings. The number of fused-ring (bicyclic) bond motifs is 1. The van der Waals surface area contributed by atoms with Crippen LogP contribution in [0.15, 0.2) is 18.2 Å².